The van der Waals surface area contributed by atoms with E-state index in [9.17, 15) is 4.79 Å². The Morgan fingerprint density at radius 1 is 1.64 bits per heavy atom. The highest BCUT2D eigenvalue weighted by molar-refractivity contribution is 5.54. The summed E-state index contributed by atoms with van der Waals surface area (Å²) in [6, 6.07) is 4.02. The molecule has 0 aromatic carbocycles. The van der Waals surface area contributed by atoms with Crippen molar-refractivity contribution in [1.82, 2.24) is 9.88 Å². The summed E-state index contributed by atoms with van der Waals surface area (Å²) in [6.07, 6.45) is 5.74. The number of carbonyl (C=O) groups excluding carboxylic acids is 1. The summed E-state index contributed by atoms with van der Waals surface area (Å²) in [4.78, 5) is 16.9. The highest BCUT2D eigenvalue weighted by atomic mass is 16.1. The average molecular weight is 190 g/mol. The lowest BCUT2D eigenvalue weighted by Gasteiger charge is -2.14. The van der Waals surface area contributed by atoms with Crippen LogP contribution in [0.3, 0.4) is 0 Å². The van der Waals surface area contributed by atoms with Crippen LogP contribution in [0, 0.1) is 5.92 Å². The Balaban J connectivity index is 1.90. The third-order valence-corrected chi connectivity index (χ3v) is 2.63. The van der Waals surface area contributed by atoms with Gasteiger partial charge in [0.25, 0.3) is 0 Å². The average Bonchev–Trinajstić information content (AvgIpc) is 2.67. The maximum atomic E-state index is 10.6. The molecule has 1 aromatic heterocycles. The molecule has 0 aliphatic carbocycles. The Kier molecular flexibility index (Phi) is 2.89. The number of hydrogen-bond donors (Lipinski definition) is 0. The molecule has 14 heavy (non-hydrogen) atoms. The summed E-state index contributed by atoms with van der Waals surface area (Å²) < 4.78 is 0. The number of likely N-dealkylation sites (tertiary alicyclic amines) is 1. The summed E-state index contributed by atoms with van der Waals surface area (Å²) in [5.41, 5.74) is 1.22. The van der Waals surface area contributed by atoms with E-state index in [1.54, 1.807) is 6.20 Å². The number of hydrogen-bond acceptors (Lipinski definition) is 3. The van der Waals surface area contributed by atoms with Crippen molar-refractivity contribution in [3.63, 3.8) is 0 Å². The minimum absolute atomic E-state index is 0.242. The van der Waals surface area contributed by atoms with E-state index in [1.165, 1.54) is 5.56 Å². The molecule has 1 atom stereocenters. The molecule has 0 amide bonds. The van der Waals surface area contributed by atoms with Gasteiger partial charge in [-0.25, -0.2) is 0 Å². The zero-order chi connectivity index (χ0) is 9.80. The van der Waals surface area contributed by atoms with Gasteiger partial charge in [0.2, 0.25) is 0 Å². The zero-order valence-electron chi connectivity index (χ0n) is 8.10. The van der Waals surface area contributed by atoms with Crippen molar-refractivity contribution < 1.29 is 4.79 Å². The van der Waals surface area contributed by atoms with E-state index in [0.717, 1.165) is 32.3 Å². The minimum atomic E-state index is 0.242. The number of carbonyl (C=O) groups is 1. The Labute approximate surface area is 83.8 Å². The lowest BCUT2D eigenvalue weighted by atomic mass is 10.1. The SMILES string of the molecule is O=C[C@H]1CCN(Cc2cccnc2)C1. The van der Waals surface area contributed by atoms with Crippen molar-refractivity contribution in [2.45, 2.75) is 13.0 Å². The molecule has 3 heteroatoms. The second-order valence-corrected chi connectivity index (χ2v) is 3.78. The van der Waals surface area contributed by atoms with Crippen LogP contribution in [0.5, 0.6) is 0 Å². The van der Waals surface area contributed by atoms with E-state index in [1.807, 2.05) is 12.3 Å². The molecule has 1 aliphatic rings. The molecule has 0 N–H and O–H groups in total. The molecule has 1 aliphatic heterocycles. The maximum Gasteiger partial charge on any atom is 0.124 e. The molecule has 1 fully saturated rings. The second-order valence-electron chi connectivity index (χ2n) is 3.78. The molecule has 1 saturated heterocycles. The fraction of sp³-hybridized carbons (Fsp3) is 0.455. The van der Waals surface area contributed by atoms with Gasteiger partial charge in [0.15, 0.2) is 0 Å². The predicted octanol–water partition coefficient (Wildman–Crippen LogP) is 1.10. The predicted molar refractivity (Wildman–Crippen MR) is 53.7 cm³/mol. The molecule has 2 rings (SSSR count). The summed E-state index contributed by atoms with van der Waals surface area (Å²) >= 11 is 0. The van der Waals surface area contributed by atoms with Crippen molar-refractivity contribution in [2.75, 3.05) is 13.1 Å². The normalized spacial score (nSPS) is 22.4. The van der Waals surface area contributed by atoms with Gasteiger partial charge >= 0.3 is 0 Å². The first-order chi connectivity index (χ1) is 6.88. The standard InChI is InChI=1S/C11H14N2O/c14-9-11-3-5-13(8-11)7-10-2-1-4-12-6-10/h1-2,4,6,9,11H,3,5,7-8H2/t11-/m0/s1. The zero-order valence-corrected chi connectivity index (χ0v) is 8.10. The topological polar surface area (TPSA) is 33.2 Å². The van der Waals surface area contributed by atoms with Crippen molar-refractivity contribution in [3.05, 3.63) is 30.1 Å². The van der Waals surface area contributed by atoms with Gasteiger partial charge in [-0.1, -0.05) is 6.07 Å². The van der Waals surface area contributed by atoms with Gasteiger partial charge in [0, 0.05) is 31.4 Å². The molecule has 0 unspecified atom stereocenters. The molecule has 0 bridgehead atoms. The van der Waals surface area contributed by atoms with Crippen molar-refractivity contribution in [1.29, 1.82) is 0 Å². The minimum Gasteiger partial charge on any atom is -0.303 e. The molecular formula is C11H14N2O. The van der Waals surface area contributed by atoms with Gasteiger partial charge < -0.3 is 4.79 Å². The lowest BCUT2D eigenvalue weighted by molar-refractivity contribution is -0.110. The highest BCUT2D eigenvalue weighted by Gasteiger charge is 2.21. The fourth-order valence-corrected chi connectivity index (χ4v) is 1.87. The van der Waals surface area contributed by atoms with Crippen LogP contribution in [0.1, 0.15) is 12.0 Å². The third kappa shape index (κ3) is 2.17. The van der Waals surface area contributed by atoms with Crippen LogP contribution in [0.2, 0.25) is 0 Å². The van der Waals surface area contributed by atoms with E-state index >= 15 is 0 Å². The molecule has 1 aromatic rings. The van der Waals surface area contributed by atoms with E-state index in [-0.39, 0.29) is 5.92 Å². The quantitative estimate of drug-likeness (QED) is 0.669. The highest BCUT2D eigenvalue weighted by Crippen LogP contribution is 2.16. The number of rotatable bonds is 3. The van der Waals surface area contributed by atoms with Crippen molar-refractivity contribution in [2.24, 2.45) is 5.92 Å². The third-order valence-electron chi connectivity index (χ3n) is 2.63. The largest absolute Gasteiger partial charge is 0.303 e. The van der Waals surface area contributed by atoms with Crippen LogP contribution >= 0.6 is 0 Å². The maximum absolute atomic E-state index is 10.6. The van der Waals surface area contributed by atoms with Crippen molar-refractivity contribution >= 4 is 6.29 Å². The van der Waals surface area contributed by atoms with Gasteiger partial charge in [-0.05, 0) is 24.6 Å². The van der Waals surface area contributed by atoms with Crippen LogP contribution in [0.25, 0.3) is 0 Å². The van der Waals surface area contributed by atoms with Crippen LogP contribution in [-0.2, 0) is 11.3 Å². The number of aromatic nitrogens is 1. The van der Waals surface area contributed by atoms with Crippen LogP contribution in [-0.4, -0.2) is 29.3 Å². The first-order valence-corrected chi connectivity index (χ1v) is 4.95. The summed E-state index contributed by atoms with van der Waals surface area (Å²) in [5, 5.41) is 0. The van der Waals surface area contributed by atoms with Gasteiger partial charge in [-0.3, -0.25) is 9.88 Å². The molecule has 3 nitrogen and oxygen atoms in total. The second kappa shape index (κ2) is 4.33. The Morgan fingerprint density at radius 2 is 2.57 bits per heavy atom. The van der Waals surface area contributed by atoms with Gasteiger partial charge in [-0.15, -0.1) is 0 Å². The molecule has 0 spiro atoms. The van der Waals surface area contributed by atoms with E-state index in [0.29, 0.717) is 0 Å². The lowest BCUT2D eigenvalue weighted by Crippen LogP contribution is -2.20. The molecule has 0 radical (unpaired) electrons. The first-order valence-electron chi connectivity index (χ1n) is 4.95. The number of nitrogens with zero attached hydrogens (tertiary/aromatic N) is 2. The summed E-state index contributed by atoms with van der Waals surface area (Å²) in [7, 11) is 0. The van der Waals surface area contributed by atoms with Gasteiger partial charge in [0.1, 0.15) is 6.29 Å². The molecule has 74 valence electrons. The number of aldehydes is 1. The molecule has 0 saturated carbocycles. The first kappa shape index (κ1) is 9.34. The Hall–Kier alpha value is -1.22. The van der Waals surface area contributed by atoms with Crippen molar-refractivity contribution in [3.8, 4) is 0 Å². The fourth-order valence-electron chi connectivity index (χ4n) is 1.87. The monoisotopic (exact) mass is 190 g/mol. The Morgan fingerprint density at radius 3 is 3.21 bits per heavy atom. The number of pyridine rings is 1. The molecular weight excluding hydrogens is 176 g/mol. The van der Waals surface area contributed by atoms with Crippen LogP contribution < -0.4 is 0 Å². The van der Waals surface area contributed by atoms with E-state index in [2.05, 4.69) is 16.0 Å². The summed E-state index contributed by atoms with van der Waals surface area (Å²) in [6.45, 7) is 2.84. The van der Waals surface area contributed by atoms with Crippen LogP contribution in [0.4, 0.5) is 0 Å². The van der Waals surface area contributed by atoms with E-state index < -0.39 is 0 Å². The Bertz CT molecular complexity index is 299. The molecule has 2 heterocycles. The summed E-state index contributed by atoms with van der Waals surface area (Å²) in [5.74, 6) is 0.242. The van der Waals surface area contributed by atoms with E-state index in [4.69, 9.17) is 0 Å². The van der Waals surface area contributed by atoms with Crippen LogP contribution in [0.15, 0.2) is 24.5 Å². The smallest absolute Gasteiger partial charge is 0.124 e. The van der Waals surface area contributed by atoms with Gasteiger partial charge in [0.05, 0.1) is 0 Å². The van der Waals surface area contributed by atoms with Gasteiger partial charge in [-0.2, -0.15) is 0 Å².